The van der Waals surface area contributed by atoms with Crippen LogP contribution in [0.5, 0.6) is 17.2 Å². The van der Waals surface area contributed by atoms with Gasteiger partial charge in [0.05, 0.1) is 13.5 Å². The van der Waals surface area contributed by atoms with E-state index in [1.54, 1.807) is 7.11 Å². The topological polar surface area (TPSA) is 56.8 Å². The van der Waals surface area contributed by atoms with E-state index in [1.807, 2.05) is 42.5 Å². The molecule has 0 spiro atoms. The van der Waals surface area contributed by atoms with E-state index in [0.717, 1.165) is 29.0 Å². The lowest BCUT2D eigenvalue weighted by Crippen LogP contribution is -2.27. The molecule has 0 bridgehead atoms. The number of hydrogen-bond donors (Lipinski definition) is 1. The first-order chi connectivity index (χ1) is 11.7. The van der Waals surface area contributed by atoms with Gasteiger partial charge in [-0.1, -0.05) is 18.2 Å². The number of amides is 1. The highest BCUT2D eigenvalue weighted by molar-refractivity contribution is 5.78. The standard InChI is InChI=1S/C19H21NO4/c1-22-16-5-2-14(3-6-16)8-9-20-19(21)13-15-4-7-17-18(12-15)24-11-10-23-17/h2-7,12H,8-11,13H2,1H3,(H,20,21). The van der Waals surface area contributed by atoms with Crippen LogP contribution in [0.1, 0.15) is 11.1 Å². The number of fused-ring (bicyclic) bond motifs is 1. The Hall–Kier alpha value is -2.69. The number of hydrogen-bond acceptors (Lipinski definition) is 4. The number of methoxy groups -OCH3 is 1. The van der Waals surface area contributed by atoms with Crippen LogP contribution in [0, 0.1) is 0 Å². The Balaban J connectivity index is 1.47. The largest absolute Gasteiger partial charge is 0.497 e. The van der Waals surface area contributed by atoms with Crippen LogP contribution in [-0.2, 0) is 17.6 Å². The Morgan fingerprint density at radius 3 is 2.50 bits per heavy atom. The minimum atomic E-state index is 0.000175. The maximum Gasteiger partial charge on any atom is 0.224 e. The summed E-state index contributed by atoms with van der Waals surface area (Å²) in [5, 5.41) is 2.95. The molecule has 3 rings (SSSR count). The van der Waals surface area contributed by atoms with E-state index in [9.17, 15) is 4.79 Å². The van der Waals surface area contributed by atoms with Gasteiger partial charge in [-0.2, -0.15) is 0 Å². The van der Waals surface area contributed by atoms with Crippen LogP contribution in [0.4, 0.5) is 0 Å². The third kappa shape index (κ3) is 4.19. The molecular weight excluding hydrogens is 306 g/mol. The number of rotatable bonds is 6. The first-order valence-corrected chi connectivity index (χ1v) is 8.03. The van der Waals surface area contributed by atoms with Crippen molar-refractivity contribution >= 4 is 5.91 Å². The Morgan fingerprint density at radius 1 is 1.04 bits per heavy atom. The molecule has 0 fully saturated rings. The molecule has 1 aliphatic rings. The van der Waals surface area contributed by atoms with Crippen molar-refractivity contribution in [2.24, 2.45) is 0 Å². The second kappa shape index (κ2) is 7.73. The lowest BCUT2D eigenvalue weighted by molar-refractivity contribution is -0.120. The van der Waals surface area contributed by atoms with Gasteiger partial charge in [0.25, 0.3) is 0 Å². The predicted molar refractivity (Wildman–Crippen MR) is 90.8 cm³/mol. The summed E-state index contributed by atoms with van der Waals surface area (Å²) in [6.45, 7) is 1.72. The van der Waals surface area contributed by atoms with Crippen molar-refractivity contribution in [3.8, 4) is 17.2 Å². The van der Waals surface area contributed by atoms with Gasteiger partial charge >= 0.3 is 0 Å². The van der Waals surface area contributed by atoms with Crippen molar-refractivity contribution in [1.29, 1.82) is 0 Å². The van der Waals surface area contributed by atoms with Gasteiger partial charge in [-0.05, 0) is 41.8 Å². The molecule has 2 aromatic rings. The van der Waals surface area contributed by atoms with Gasteiger partial charge in [0.15, 0.2) is 11.5 Å². The van der Waals surface area contributed by atoms with E-state index in [1.165, 1.54) is 0 Å². The number of carbonyl (C=O) groups excluding carboxylic acids is 1. The fraction of sp³-hybridized carbons (Fsp3) is 0.316. The zero-order valence-electron chi connectivity index (χ0n) is 13.7. The normalized spacial score (nSPS) is 12.5. The van der Waals surface area contributed by atoms with Crippen molar-refractivity contribution in [2.75, 3.05) is 26.9 Å². The molecule has 0 saturated carbocycles. The van der Waals surface area contributed by atoms with E-state index < -0.39 is 0 Å². The number of ether oxygens (including phenoxy) is 3. The molecule has 0 aromatic heterocycles. The highest BCUT2D eigenvalue weighted by atomic mass is 16.6. The fourth-order valence-electron chi connectivity index (χ4n) is 2.58. The highest BCUT2D eigenvalue weighted by Gasteiger charge is 2.13. The van der Waals surface area contributed by atoms with Crippen LogP contribution in [-0.4, -0.2) is 32.8 Å². The summed E-state index contributed by atoms with van der Waals surface area (Å²) in [5.74, 6) is 2.29. The lowest BCUT2D eigenvalue weighted by Gasteiger charge is -2.18. The van der Waals surface area contributed by atoms with Crippen molar-refractivity contribution in [2.45, 2.75) is 12.8 Å². The van der Waals surface area contributed by atoms with Crippen molar-refractivity contribution in [1.82, 2.24) is 5.32 Å². The van der Waals surface area contributed by atoms with Crippen LogP contribution < -0.4 is 19.5 Å². The second-order valence-electron chi connectivity index (χ2n) is 5.60. The third-order valence-electron chi connectivity index (χ3n) is 3.87. The third-order valence-corrected chi connectivity index (χ3v) is 3.87. The van der Waals surface area contributed by atoms with Gasteiger partial charge in [-0.25, -0.2) is 0 Å². The molecule has 2 aromatic carbocycles. The molecule has 0 saturated heterocycles. The lowest BCUT2D eigenvalue weighted by atomic mass is 10.1. The summed E-state index contributed by atoms with van der Waals surface area (Å²) >= 11 is 0. The average Bonchev–Trinajstić information content (AvgIpc) is 2.62. The SMILES string of the molecule is COc1ccc(CCNC(=O)Cc2ccc3c(c2)OCCO3)cc1. The molecule has 1 aliphatic heterocycles. The molecule has 1 amide bonds. The highest BCUT2D eigenvalue weighted by Crippen LogP contribution is 2.30. The van der Waals surface area contributed by atoms with Crippen LogP contribution in [0.3, 0.4) is 0 Å². The smallest absolute Gasteiger partial charge is 0.224 e. The molecule has 5 nitrogen and oxygen atoms in total. The Bertz CT molecular complexity index is 697. The van der Waals surface area contributed by atoms with Gasteiger partial charge < -0.3 is 19.5 Å². The van der Waals surface area contributed by atoms with E-state index in [0.29, 0.717) is 31.9 Å². The van der Waals surface area contributed by atoms with Crippen LogP contribution in [0.25, 0.3) is 0 Å². The van der Waals surface area contributed by atoms with Gasteiger partial charge in [-0.15, -0.1) is 0 Å². The van der Waals surface area contributed by atoms with Crippen molar-refractivity contribution in [3.63, 3.8) is 0 Å². The summed E-state index contributed by atoms with van der Waals surface area (Å²) in [6, 6.07) is 13.5. The van der Waals surface area contributed by atoms with Crippen molar-refractivity contribution < 1.29 is 19.0 Å². The number of benzene rings is 2. The monoisotopic (exact) mass is 327 g/mol. The predicted octanol–water partition coefficient (Wildman–Crippen LogP) is 2.37. The summed E-state index contributed by atoms with van der Waals surface area (Å²) in [4.78, 5) is 12.1. The molecular formula is C19H21NO4. The molecule has 0 unspecified atom stereocenters. The van der Waals surface area contributed by atoms with Crippen LogP contribution >= 0.6 is 0 Å². The zero-order chi connectivity index (χ0) is 16.8. The van der Waals surface area contributed by atoms with Gasteiger partial charge in [-0.3, -0.25) is 4.79 Å². The Kier molecular flexibility index (Phi) is 5.21. The molecule has 0 radical (unpaired) electrons. The molecule has 1 heterocycles. The molecule has 1 N–H and O–H groups in total. The first-order valence-electron chi connectivity index (χ1n) is 8.03. The maximum absolute atomic E-state index is 12.1. The van der Waals surface area contributed by atoms with Crippen LogP contribution in [0.2, 0.25) is 0 Å². The van der Waals surface area contributed by atoms with Gasteiger partial charge in [0.1, 0.15) is 19.0 Å². The molecule has 5 heteroatoms. The summed E-state index contributed by atoms with van der Waals surface area (Å²) in [5.41, 5.74) is 2.08. The maximum atomic E-state index is 12.1. The number of carbonyl (C=O) groups is 1. The molecule has 0 aliphatic carbocycles. The summed E-state index contributed by atoms with van der Waals surface area (Å²) in [7, 11) is 1.65. The first kappa shape index (κ1) is 16.2. The molecule has 126 valence electrons. The van der Waals surface area contributed by atoms with E-state index in [-0.39, 0.29) is 5.91 Å². The zero-order valence-corrected chi connectivity index (χ0v) is 13.7. The summed E-state index contributed by atoms with van der Waals surface area (Å²) < 4.78 is 16.1. The minimum Gasteiger partial charge on any atom is -0.497 e. The summed E-state index contributed by atoms with van der Waals surface area (Å²) in [6.07, 6.45) is 1.12. The van der Waals surface area contributed by atoms with E-state index in [4.69, 9.17) is 14.2 Å². The van der Waals surface area contributed by atoms with E-state index in [2.05, 4.69) is 5.32 Å². The van der Waals surface area contributed by atoms with Crippen molar-refractivity contribution in [3.05, 3.63) is 53.6 Å². The van der Waals surface area contributed by atoms with E-state index >= 15 is 0 Å². The van der Waals surface area contributed by atoms with Gasteiger partial charge in [0.2, 0.25) is 5.91 Å². The minimum absolute atomic E-state index is 0.000175. The Morgan fingerprint density at radius 2 is 1.75 bits per heavy atom. The average molecular weight is 327 g/mol. The Labute approximate surface area is 141 Å². The molecule has 0 atom stereocenters. The van der Waals surface area contributed by atoms with Crippen LogP contribution in [0.15, 0.2) is 42.5 Å². The van der Waals surface area contributed by atoms with Gasteiger partial charge in [0, 0.05) is 6.54 Å². The fourth-order valence-corrected chi connectivity index (χ4v) is 2.58. The number of nitrogens with one attached hydrogen (secondary N) is 1. The second-order valence-corrected chi connectivity index (χ2v) is 5.60. The quantitative estimate of drug-likeness (QED) is 0.885. The molecule has 24 heavy (non-hydrogen) atoms.